The van der Waals surface area contributed by atoms with E-state index in [1.54, 1.807) is 20.9 Å². The lowest BCUT2D eigenvalue weighted by Crippen LogP contribution is -2.65. The number of nitrogens with one attached hydrogen (secondary N) is 1. The lowest BCUT2D eigenvalue weighted by molar-refractivity contribution is -0.127. The summed E-state index contributed by atoms with van der Waals surface area (Å²) in [6, 6.07) is 14.0. The van der Waals surface area contributed by atoms with E-state index in [0.717, 1.165) is 48.4 Å². The summed E-state index contributed by atoms with van der Waals surface area (Å²) < 4.78 is 1.72. The quantitative estimate of drug-likeness (QED) is 0.499. The van der Waals surface area contributed by atoms with Crippen molar-refractivity contribution in [1.82, 2.24) is 15.1 Å². The van der Waals surface area contributed by atoms with E-state index in [0.29, 0.717) is 12.2 Å². The van der Waals surface area contributed by atoms with Gasteiger partial charge in [0.2, 0.25) is 5.91 Å². The van der Waals surface area contributed by atoms with Gasteiger partial charge < -0.3 is 5.32 Å². The van der Waals surface area contributed by atoms with E-state index < -0.39 is 5.54 Å². The smallest absolute Gasteiger partial charge is 0.277 e. The van der Waals surface area contributed by atoms with E-state index in [2.05, 4.69) is 12.2 Å². The van der Waals surface area contributed by atoms with Crippen LogP contribution >= 0.6 is 11.3 Å². The second kappa shape index (κ2) is 9.37. The molecule has 2 aromatic heterocycles. The number of rotatable bonds is 5. The first kappa shape index (κ1) is 22.8. The number of aromatic nitrogens is 2. The largest absolute Gasteiger partial charge is 0.351 e. The number of hydrogen-bond acceptors (Lipinski definition) is 4. The topological polar surface area (TPSA) is 67.2 Å². The SMILES string of the molecule is CCc1ccc(N2C(=O)c3cc(-c4cccs4)nn3C[C@@]2(C)C(=O)NC2CCCCCC2)cc1. The second-order valence-corrected chi connectivity index (χ2v) is 10.6. The number of benzene rings is 1. The molecule has 0 bridgehead atoms. The number of amides is 2. The standard InChI is InChI=1S/C27H32N4O2S/c1-3-19-12-14-21(15-13-19)31-25(32)23-17-22(24-11-8-16-34-24)29-30(23)18-27(31,2)26(33)28-20-9-6-4-5-7-10-20/h8,11-17,20H,3-7,9-10,18H2,1-2H3,(H,28,33)/t27-/m0/s1. The predicted molar refractivity (Wildman–Crippen MR) is 136 cm³/mol. The maximum Gasteiger partial charge on any atom is 0.277 e. The molecule has 1 aromatic carbocycles. The summed E-state index contributed by atoms with van der Waals surface area (Å²) >= 11 is 1.59. The molecule has 1 atom stereocenters. The van der Waals surface area contributed by atoms with Gasteiger partial charge in [0.25, 0.3) is 5.91 Å². The molecule has 3 heterocycles. The first-order valence-electron chi connectivity index (χ1n) is 12.4. The van der Waals surface area contributed by atoms with Crippen LogP contribution in [-0.2, 0) is 17.8 Å². The number of thiophene rings is 1. The Morgan fingerprint density at radius 3 is 2.53 bits per heavy atom. The summed E-state index contributed by atoms with van der Waals surface area (Å²) in [5.41, 5.74) is 2.15. The van der Waals surface area contributed by atoms with Crippen molar-refractivity contribution in [3.63, 3.8) is 0 Å². The highest BCUT2D eigenvalue weighted by molar-refractivity contribution is 7.13. The molecule has 5 rings (SSSR count). The molecular formula is C27H32N4O2S. The lowest BCUT2D eigenvalue weighted by Gasteiger charge is -2.43. The van der Waals surface area contributed by atoms with E-state index in [1.807, 2.05) is 54.8 Å². The molecule has 6 nitrogen and oxygen atoms in total. The van der Waals surface area contributed by atoms with Crippen molar-refractivity contribution in [2.45, 2.75) is 76.9 Å². The summed E-state index contributed by atoms with van der Waals surface area (Å²) in [5, 5.41) is 10.0. The monoisotopic (exact) mass is 476 g/mol. The van der Waals surface area contributed by atoms with E-state index in [4.69, 9.17) is 5.10 Å². The Balaban J connectivity index is 1.53. The lowest BCUT2D eigenvalue weighted by atomic mass is 9.93. The van der Waals surface area contributed by atoms with E-state index in [1.165, 1.54) is 18.4 Å². The zero-order chi connectivity index (χ0) is 23.7. The number of hydrogen-bond donors (Lipinski definition) is 1. The molecule has 1 saturated carbocycles. The highest BCUT2D eigenvalue weighted by Crippen LogP contribution is 2.35. The van der Waals surface area contributed by atoms with Gasteiger partial charge in [-0.25, -0.2) is 0 Å². The molecule has 0 spiro atoms. The minimum atomic E-state index is -1.08. The molecule has 3 aromatic rings. The molecule has 7 heteroatoms. The van der Waals surface area contributed by atoms with Gasteiger partial charge in [0.15, 0.2) is 0 Å². The van der Waals surface area contributed by atoms with Gasteiger partial charge in [0.05, 0.1) is 11.4 Å². The average Bonchev–Trinajstić information content (AvgIpc) is 3.45. The zero-order valence-electron chi connectivity index (χ0n) is 19.9. The van der Waals surface area contributed by atoms with Crippen LogP contribution in [0.1, 0.15) is 68.4 Å². The molecule has 1 aliphatic carbocycles. The van der Waals surface area contributed by atoms with Gasteiger partial charge in [-0.3, -0.25) is 19.2 Å². The van der Waals surface area contributed by atoms with Gasteiger partial charge in [-0.1, -0.05) is 50.8 Å². The maximum atomic E-state index is 13.9. The minimum Gasteiger partial charge on any atom is -0.351 e. The van der Waals surface area contributed by atoms with E-state index >= 15 is 0 Å². The summed E-state index contributed by atoms with van der Waals surface area (Å²) in [7, 11) is 0. The zero-order valence-corrected chi connectivity index (χ0v) is 20.7. The summed E-state index contributed by atoms with van der Waals surface area (Å²) in [5.74, 6) is -0.296. The molecule has 0 radical (unpaired) electrons. The van der Waals surface area contributed by atoms with Gasteiger partial charge in [0.1, 0.15) is 16.9 Å². The minimum absolute atomic E-state index is 0.105. The molecule has 2 aliphatic rings. The number of carbonyl (C=O) groups is 2. The third-order valence-corrected chi connectivity index (χ3v) is 8.10. The summed E-state index contributed by atoms with van der Waals surface area (Å²) in [6.45, 7) is 4.30. The van der Waals surface area contributed by atoms with Crippen molar-refractivity contribution in [1.29, 1.82) is 0 Å². The van der Waals surface area contributed by atoms with Gasteiger partial charge in [-0.05, 0) is 61.4 Å². The molecule has 2 amide bonds. The van der Waals surface area contributed by atoms with Crippen LogP contribution in [0.25, 0.3) is 10.6 Å². The molecule has 34 heavy (non-hydrogen) atoms. The van der Waals surface area contributed by atoms with Crippen LogP contribution in [-0.4, -0.2) is 33.2 Å². The summed E-state index contributed by atoms with van der Waals surface area (Å²) in [6.07, 6.45) is 7.63. The van der Waals surface area contributed by atoms with E-state index in [-0.39, 0.29) is 17.9 Å². The van der Waals surface area contributed by atoms with Gasteiger partial charge in [-0.2, -0.15) is 5.10 Å². The summed E-state index contributed by atoms with van der Waals surface area (Å²) in [4.78, 5) is 30.5. The number of aryl methyl sites for hydroxylation is 1. The van der Waals surface area contributed by atoms with Crippen molar-refractivity contribution in [2.24, 2.45) is 0 Å². The van der Waals surface area contributed by atoms with Crippen molar-refractivity contribution in [2.75, 3.05) is 4.90 Å². The Bertz CT molecular complexity index is 1160. The Morgan fingerprint density at radius 2 is 1.88 bits per heavy atom. The van der Waals surface area contributed by atoms with Crippen LogP contribution in [0.5, 0.6) is 0 Å². The van der Waals surface area contributed by atoms with Crippen molar-refractivity contribution >= 4 is 28.8 Å². The van der Waals surface area contributed by atoms with Crippen molar-refractivity contribution in [3.8, 4) is 10.6 Å². The van der Waals surface area contributed by atoms with Gasteiger partial charge in [-0.15, -0.1) is 11.3 Å². The van der Waals surface area contributed by atoms with Crippen molar-refractivity contribution in [3.05, 3.63) is 59.1 Å². The normalized spacial score (nSPS) is 21.2. The first-order valence-corrected chi connectivity index (χ1v) is 13.2. The Hall–Kier alpha value is -2.93. The van der Waals surface area contributed by atoms with Crippen LogP contribution in [0, 0.1) is 0 Å². The van der Waals surface area contributed by atoms with Crippen molar-refractivity contribution < 1.29 is 9.59 Å². The fraction of sp³-hybridized carbons (Fsp3) is 0.444. The number of fused-ring (bicyclic) bond motifs is 1. The van der Waals surface area contributed by atoms with Crippen LogP contribution in [0.3, 0.4) is 0 Å². The Morgan fingerprint density at radius 1 is 1.15 bits per heavy atom. The highest BCUT2D eigenvalue weighted by Gasteiger charge is 2.49. The van der Waals surface area contributed by atoms with E-state index in [9.17, 15) is 9.59 Å². The highest BCUT2D eigenvalue weighted by atomic mass is 32.1. The van der Waals surface area contributed by atoms with Crippen LogP contribution in [0.15, 0.2) is 47.8 Å². The molecule has 0 saturated heterocycles. The second-order valence-electron chi connectivity index (χ2n) is 9.65. The average molecular weight is 477 g/mol. The molecule has 1 N–H and O–H groups in total. The molecule has 1 fully saturated rings. The van der Waals surface area contributed by atoms with Crippen LogP contribution in [0.4, 0.5) is 5.69 Å². The van der Waals surface area contributed by atoms with Crippen LogP contribution < -0.4 is 10.2 Å². The Kier molecular flexibility index (Phi) is 6.30. The van der Waals surface area contributed by atoms with Crippen LogP contribution in [0.2, 0.25) is 0 Å². The molecule has 178 valence electrons. The predicted octanol–water partition coefficient (Wildman–Crippen LogP) is 5.43. The maximum absolute atomic E-state index is 13.9. The number of nitrogens with zero attached hydrogens (tertiary/aromatic N) is 3. The third kappa shape index (κ3) is 4.17. The van der Waals surface area contributed by atoms with Gasteiger partial charge >= 0.3 is 0 Å². The fourth-order valence-electron chi connectivity index (χ4n) is 5.18. The Labute approximate surface area is 205 Å². The molecular weight excluding hydrogens is 444 g/mol. The third-order valence-electron chi connectivity index (χ3n) is 7.21. The number of carbonyl (C=O) groups excluding carboxylic acids is 2. The molecule has 0 unspecified atom stereocenters. The number of anilines is 1. The van der Waals surface area contributed by atoms with Gasteiger partial charge in [0, 0.05) is 11.7 Å². The fourth-order valence-corrected chi connectivity index (χ4v) is 5.86. The first-order chi connectivity index (χ1) is 16.5. The molecule has 1 aliphatic heterocycles.